The molecule has 1 N–H and O–H groups in total. The van der Waals surface area contributed by atoms with Crippen LogP contribution in [0.1, 0.15) is 57.8 Å². The molecular weight excluding hydrogens is 348 g/mol. The fourth-order valence-corrected chi connectivity index (χ4v) is 4.46. The lowest BCUT2D eigenvalue weighted by atomic mass is 10.1. The molecule has 0 fully saturated rings. The lowest BCUT2D eigenvalue weighted by Crippen LogP contribution is -2.36. The van der Waals surface area contributed by atoms with Crippen LogP contribution in [0, 0.1) is 0 Å². The number of H-pyrrole nitrogens is 1. The summed E-state index contributed by atoms with van der Waals surface area (Å²) in [5.41, 5.74) is 2.57. The third-order valence-corrected chi connectivity index (χ3v) is 6.10. The molecule has 26 heavy (non-hydrogen) atoms. The van der Waals surface area contributed by atoms with Crippen molar-refractivity contribution in [3.8, 4) is 0 Å². The lowest BCUT2D eigenvalue weighted by molar-refractivity contribution is 0.102. The van der Waals surface area contributed by atoms with Gasteiger partial charge in [0.05, 0.1) is 21.8 Å². The largest absolute Gasteiger partial charge is 0.305 e. The topological polar surface area (TPSA) is 78.4 Å². The van der Waals surface area contributed by atoms with Crippen molar-refractivity contribution in [3.63, 3.8) is 0 Å². The molecule has 0 atom stereocenters. The van der Waals surface area contributed by atoms with Gasteiger partial charge in [-0.25, -0.2) is 4.98 Å². The Balaban J connectivity index is 1.52. The standard InChI is InChI=1S/C19H22N4O2S/c1-12(24)17-6-5-13(26-17)10-23-9-7-15-14(11-23)19(25)22-18(21-15)16-4-2-3-8-20-16/h5-6H,2-4,7-11H2,1H3,(H,21,22,25). The van der Waals surface area contributed by atoms with Gasteiger partial charge in [-0.3, -0.25) is 19.5 Å². The highest BCUT2D eigenvalue weighted by atomic mass is 32.1. The third-order valence-electron chi connectivity index (χ3n) is 4.93. The average Bonchev–Trinajstić information content (AvgIpc) is 3.12. The molecule has 0 bridgehead atoms. The summed E-state index contributed by atoms with van der Waals surface area (Å²) in [6.07, 6.45) is 3.88. The van der Waals surface area contributed by atoms with Crippen LogP contribution in [-0.2, 0) is 19.5 Å². The summed E-state index contributed by atoms with van der Waals surface area (Å²) < 4.78 is 0. The smallest absolute Gasteiger partial charge is 0.255 e. The van der Waals surface area contributed by atoms with E-state index < -0.39 is 0 Å². The first-order chi connectivity index (χ1) is 12.6. The van der Waals surface area contributed by atoms with Gasteiger partial charge in [-0.05, 0) is 38.3 Å². The van der Waals surface area contributed by atoms with E-state index in [1.165, 1.54) is 11.3 Å². The van der Waals surface area contributed by atoms with Crippen molar-refractivity contribution in [3.05, 3.63) is 49.3 Å². The maximum Gasteiger partial charge on any atom is 0.255 e. The van der Waals surface area contributed by atoms with Crippen LogP contribution in [0.4, 0.5) is 0 Å². The third kappa shape index (κ3) is 3.54. The Labute approximate surface area is 156 Å². The van der Waals surface area contributed by atoms with Crippen molar-refractivity contribution >= 4 is 22.8 Å². The molecule has 0 radical (unpaired) electrons. The summed E-state index contributed by atoms with van der Waals surface area (Å²) in [5.74, 6) is 0.760. The molecule has 6 nitrogen and oxygen atoms in total. The highest BCUT2D eigenvalue weighted by Gasteiger charge is 2.23. The van der Waals surface area contributed by atoms with E-state index in [0.29, 0.717) is 12.4 Å². The fourth-order valence-electron chi connectivity index (χ4n) is 3.52. The number of aromatic nitrogens is 2. The molecule has 0 amide bonds. The molecule has 7 heteroatoms. The van der Waals surface area contributed by atoms with Crippen molar-refractivity contribution < 1.29 is 4.79 Å². The zero-order valence-electron chi connectivity index (χ0n) is 14.9. The van der Waals surface area contributed by atoms with Crippen LogP contribution < -0.4 is 5.56 Å². The Morgan fingerprint density at radius 2 is 2.19 bits per heavy atom. The Kier molecular flexibility index (Phi) is 4.82. The SMILES string of the molecule is CC(=O)c1ccc(CN2CCc3nc(C4=NCCCC4)[nH]c(=O)c3C2)s1. The van der Waals surface area contributed by atoms with Gasteiger partial charge in [0.1, 0.15) is 0 Å². The molecule has 0 saturated heterocycles. The van der Waals surface area contributed by atoms with Gasteiger partial charge in [-0.2, -0.15) is 0 Å². The number of thiophene rings is 1. The van der Waals surface area contributed by atoms with Crippen LogP contribution in [0.5, 0.6) is 0 Å². The highest BCUT2D eigenvalue weighted by molar-refractivity contribution is 7.14. The number of carbonyl (C=O) groups excluding carboxylic acids is 1. The van der Waals surface area contributed by atoms with E-state index in [9.17, 15) is 9.59 Å². The average molecular weight is 370 g/mol. The van der Waals surface area contributed by atoms with Crippen molar-refractivity contribution in [1.82, 2.24) is 14.9 Å². The number of hydrogen-bond acceptors (Lipinski definition) is 6. The normalized spacial score (nSPS) is 17.7. The van der Waals surface area contributed by atoms with Crippen molar-refractivity contribution in [1.29, 1.82) is 0 Å². The van der Waals surface area contributed by atoms with E-state index >= 15 is 0 Å². The Morgan fingerprint density at radius 1 is 1.31 bits per heavy atom. The molecule has 2 aliphatic rings. The predicted molar refractivity (Wildman–Crippen MR) is 102 cm³/mol. The molecular formula is C19H22N4O2S. The molecule has 4 heterocycles. The lowest BCUT2D eigenvalue weighted by Gasteiger charge is -2.27. The second-order valence-corrected chi connectivity index (χ2v) is 8.08. The number of carbonyl (C=O) groups is 1. The number of nitrogens with one attached hydrogen (secondary N) is 1. The Bertz CT molecular complexity index is 928. The minimum absolute atomic E-state index is 0.0430. The highest BCUT2D eigenvalue weighted by Crippen LogP contribution is 2.22. The van der Waals surface area contributed by atoms with Gasteiger partial charge in [-0.1, -0.05) is 0 Å². The van der Waals surface area contributed by atoms with Gasteiger partial charge < -0.3 is 4.98 Å². The van der Waals surface area contributed by atoms with Gasteiger partial charge in [0, 0.05) is 37.5 Å². The second-order valence-electron chi connectivity index (χ2n) is 6.91. The number of fused-ring (bicyclic) bond motifs is 1. The van der Waals surface area contributed by atoms with Crippen LogP contribution in [-0.4, -0.2) is 39.5 Å². The Morgan fingerprint density at radius 3 is 2.92 bits per heavy atom. The second kappa shape index (κ2) is 7.25. The van der Waals surface area contributed by atoms with Crippen LogP contribution in [0.3, 0.4) is 0 Å². The number of aromatic amines is 1. The van der Waals surface area contributed by atoms with Crippen LogP contribution in [0.25, 0.3) is 0 Å². The molecule has 0 spiro atoms. The van der Waals surface area contributed by atoms with E-state index in [2.05, 4.69) is 14.9 Å². The number of aliphatic imine (C=N–C) groups is 1. The maximum absolute atomic E-state index is 12.6. The van der Waals surface area contributed by atoms with E-state index in [-0.39, 0.29) is 11.3 Å². The predicted octanol–water partition coefficient (Wildman–Crippen LogP) is 2.57. The summed E-state index contributed by atoms with van der Waals surface area (Å²) in [5, 5.41) is 0. The van der Waals surface area contributed by atoms with E-state index in [4.69, 9.17) is 4.98 Å². The number of nitrogens with zero attached hydrogens (tertiary/aromatic N) is 3. The van der Waals surface area contributed by atoms with Gasteiger partial charge in [0.25, 0.3) is 5.56 Å². The van der Waals surface area contributed by atoms with Gasteiger partial charge in [-0.15, -0.1) is 11.3 Å². The van der Waals surface area contributed by atoms with Crippen molar-refractivity contribution in [2.75, 3.05) is 13.1 Å². The van der Waals surface area contributed by atoms with Crippen molar-refractivity contribution in [2.24, 2.45) is 4.99 Å². The van der Waals surface area contributed by atoms with Crippen LogP contribution >= 0.6 is 11.3 Å². The minimum Gasteiger partial charge on any atom is -0.305 e. The number of rotatable bonds is 4. The van der Waals surface area contributed by atoms with E-state index in [1.807, 2.05) is 12.1 Å². The van der Waals surface area contributed by atoms with E-state index in [0.717, 1.165) is 72.0 Å². The van der Waals surface area contributed by atoms with E-state index in [1.54, 1.807) is 6.92 Å². The zero-order valence-corrected chi connectivity index (χ0v) is 15.7. The fraction of sp³-hybridized carbons (Fsp3) is 0.474. The summed E-state index contributed by atoms with van der Waals surface area (Å²) in [6.45, 7) is 4.63. The summed E-state index contributed by atoms with van der Waals surface area (Å²) in [6, 6.07) is 3.88. The first-order valence-electron chi connectivity index (χ1n) is 9.08. The first kappa shape index (κ1) is 17.3. The molecule has 0 aromatic carbocycles. The zero-order chi connectivity index (χ0) is 18.1. The minimum atomic E-state index is -0.0430. The molecule has 4 rings (SSSR count). The first-order valence-corrected chi connectivity index (χ1v) is 9.89. The number of ketones is 1. The molecule has 136 valence electrons. The molecule has 0 aliphatic carbocycles. The van der Waals surface area contributed by atoms with Gasteiger partial charge >= 0.3 is 0 Å². The molecule has 2 aromatic rings. The number of hydrogen-bond donors (Lipinski definition) is 1. The van der Waals surface area contributed by atoms with Gasteiger partial charge in [0.15, 0.2) is 11.6 Å². The summed E-state index contributed by atoms with van der Waals surface area (Å²) in [4.78, 5) is 40.4. The Hall–Kier alpha value is -2.12. The van der Waals surface area contributed by atoms with Crippen LogP contribution in [0.15, 0.2) is 21.9 Å². The molecule has 0 saturated carbocycles. The van der Waals surface area contributed by atoms with Crippen LogP contribution in [0.2, 0.25) is 0 Å². The summed E-state index contributed by atoms with van der Waals surface area (Å²) >= 11 is 1.53. The quantitative estimate of drug-likeness (QED) is 0.839. The molecule has 0 unspecified atom stereocenters. The summed E-state index contributed by atoms with van der Waals surface area (Å²) in [7, 11) is 0. The van der Waals surface area contributed by atoms with Gasteiger partial charge in [0.2, 0.25) is 0 Å². The molecule has 2 aliphatic heterocycles. The molecule has 2 aromatic heterocycles. The number of Topliss-reactive ketones (excluding diaryl/α,β-unsaturated/α-hetero) is 1. The maximum atomic E-state index is 12.6. The monoisotopic (exact) mass is 370 g/mol. The van der Waals surface area contributed by atoms with Crippen molar-refractivity contribution in [2.45, 2.75) is 45.7 Å².